The van der Waals surface area contributed by atoms with Crippen LogP contribution in [0.15, 0.2) is 170 Å². The van der Waals surface area contributed by atoms with E-state index in [0.29, 0.717) is 5.95 Å². The van der Waals surface area contributed by atoms with Crippen LogP contribution in [-0.4, -0.2) is 18.9 Å². The third-order valence-corrected chi connectivity index (χ3v) is 9.56. The summed E-state index contributed by atoms with van der Waals surface area (Å²) in [4.78, 5) is 10.7. The quantitative estimate of drug-likeness (QED) is 0.198. The Morgan fingerprint density at radius 2 is 0.958 bits per heavy atom. The van der Waals surface area contributed by atoms with Crippen molar-refractivity contribution in [3.8, 4) is 39.5 Å². The molecule has 0 fully saturated rings. The number of fused-ring (bicyclic) bond motifs is 8. The van der Waals surface area contributed by atoms with Gasteiger partial charge in [-0.15, -0.1) is 0 Å². The molecule has 0 bridgehead atoms. The highest BCUT2D eigenvalue weighted by molar-refractivity contribution is 6.20. The molecule has 0 unspecified atom stereocenters. The molecule has 0 aliphatic heterocycles. The maximum absolute atomic E-state index is 5.42. The van der Waals surface area contributed by atoms with Gasteiger partial charge in [0, 0.05) is 38.9 Å². The lowest BCUT2D eigenvalue weighted by Crippen LogP contribution is -2.04. The van der Waals surface area contributed by atoms with Crippen LogP contribution in [0.25, 0.3) is 88.6 Å². The molecular formula is C44H28N4. The zero-order chi connectivity index (χ0) is 31.6. The maximum Gasteiger partial charge on any atom is 0.235 e. The zero-order valence-corrected chi connectivity index (χ0v) is 26.0. The van der Waals surface area contributed by atoms with Crippen molar-refractivity contribution < 1.29 is 0 Å². The third kappa shape index (κ3) is 3.96. The van der Waals surface area contributed by atoms with E-state index in [-0.39, 0.29) is 0 Å². The van der Waals surface area contributed by atoms with Crippen molar-refractivity contribution >= 4 is 49.1 Å². The summed E-state index contributed by atoms with van der Waals surface area (Å²) in [6.07, 6.45) is 2.21. The number of para-hydroxylation sites is 3. The summed E-state index contributed by atoms with van der Waals surface area (Å²) in [5.74, 6) is 0.652. The van der Waals surface area contributed by atoms with Crippen LogP contribution in [0.4, 0.5) is 0 Å². The first kappa shape index (κ1) is 26.7. The lowest BCUT2D eigenvalue weighted by atomic mass is 10.0. The Morgan fingerprint density at radius 1 is 0.375 bits per heavy atom. The molecule has 0 aliphatic carbocycles. The number of pyridine rings is 1. The predicted octanol–water partition coefficient (Wildman–Crippen LogP) is 11.1. The number of rotatable bonds is 4. The van der Waals surface area contributed by atoms with E-state index in [1.54, 1.807) is 0 Å². The molecule has 6 aromatic carbocycles. The van der Waals surface area contributed by atoms with Gasteiger partial charge in [-0.25, -0.2) is 9.97 Å². The molecule has 4 heteroatoms. The molecule has 0 aliphatic rings. The molecule has 0 atom stereocenters. The van der Waals surface area contributed by atoms with Gasteiger partial charge < -0.3 is 4.40 Å². The van der Waals surface area contributed by atoms with Crippen molar-refractivity contribution in [2.45, 2.75) is 0 Å². The summed E-state index contributed by atoms with van der Waals surface area (Å²) in [6, 6.07) is 57.8. The number of hydrogen-bond donors (Lipinski definition) is 0. The number of nitrogens with zero attached hydrogens (tertiary/aromatic N) is 4. The summed E-state index contributed by atoms with van der Waals surface area (Å²) in [7, 11) is 0. The Balaban J connectivity index is 1.32. The fourth-order valence-corrected chi connectivity index (χ4v) is 7.41. The van der Waals surface area contributed by atoms with E-state index in [2.05, 4.69) is 173 Å². The Morgan fingerprint density at radius 3 is 1.73 bits per heavy atom. The smallest absolute Gasteiger partial charge is 0.235 e. The molecule has 10 aromatic rings. The molecule has 0 amide bonds. The van der Waals surface area contributed by atoms with Crippen LogP contribution in [0, 0.1) is 0 Å². The zero-order valence-electron chi connectivity index (χ0n) is 26.0. The van der Waals surface area contributed by atoms with Crippen LogP contribution in [-0.2, 0) is 0 Å². The van der Waals surface area contributed by atoms with Gasteiger partial charge in [0.15, 0.2) is 0 Å². The third-order valence-electron chi connectivity index (χ3n) is 9.56. The van der Waals surface area contributed by atoms with Crippen molar-refractivity contribution in [1.82, 2.24) is 18.9 Å². The molecule has 224 valence electrons. The molecule has 48 heavy (non-hydrogen) atoms. The van der Waals surface area contributed by atoms with Crippen LogP contribution in [0.3, 0.4) is 0 Å². The minimum atomic E-state index is 0.652. The first-order valence-electron chi connectivity index (χ1n) is 16.3. The van der Waals surface area contributed by atoms with E-state index in [4.69, 9.17) is 9.97 Å². The molecule has 4 heterocycles. The SMILES string of the molecule is c1ccc(-c2ccc(-c3nc(-n4c5ccccc5c5ccn6c7ccccc7c(-c7ccccc7)c6c54)nc4ccccc34)cc2)cc1. The highest BCUT2D eigenvalue weighted by Gasteiger charge is 2.23. The lowest BCUT2D eigenvalue weighted by Gasteiger charge is -2.13. The number of benzene rings is 6. The largest absolute Gasteiger partial charge is 0.314 e. The fourth-order valence-electron chi connectivity index (χ4n) is 7.41. The number of aromatic nitrogens is 4. The predicted molar refractivity (Wildman–Crippen MR) is 199 cm³/mol. The van der Waals surface area contributed by atoms with Gasteiger partial charge in [-0.1, -0.05) is 140 Å². The number of hydrogen-bond acceptors (Lipinski definition) is 2. The second kappa shape index (κ2) is 10.5. The van der Waals surface area contributed by atoms with Crippen molar-refractivity contribution in [1.29, 1.82) is 0 Å². The first-order valence-corrected chi connectivity index (χ1v) is 16.3. The van der Waals surface area contributed by atoms with Crippen LogP contribution in [0.5, 0.6) is 0 Å². The molecule has 0 saturated carbocycles. The van der Waals surface area contributed by atoms with Crippen molar-refractivity contribution in [3.63, 3.8) is 0 Å². The van der Waals surface area contributed by atoms with Crippen LogP contribution in [0.1, 0.15) is 0 Å². The van der Waals surface area contributed by atoms with Crippen molar-refractivity contribution in [2.75, 3.05) is 0 Å². The Labute approximate surface area is 276 Å². The maximum atomic E-state index is 5.42. The highest BCUT2D eigenvalue weighted by Crippen LogP contribution is 2.43. The average Bonchev–Trinajstić information content (AvgIpc) is 3.68. The second-order valence-electron chi connectivity index (χ2n) is 12.2. The summed E-state index contributed by atoms with van der Waals surface area (Å²) in [5.41, 5.74) is 12.1. The van der Waals surface area contributed by atoms with Gasteiger partial charge in [0.2, 0.25) is 5.95 Å². The summed E-state index contributed by atoms with van der Waals surface area (Å²) >= 11 is 0. The van der Waals surface area contributed by atoms with E-state index in [1.807, 2.05) is 6.07 Å². The van der Waals surface area contributed by atoms with Gasteiger partial charge >= 0.3 is 0 Å². The van der Waals surface area contributed by atoms with E-state index in [0.717, 1.165) is 38.7 Å². The standard InChI is InChI=1S/C44H28N4/c1-3-13-29(14-4-1)30-23-25-32(26-24-30)41-35-18-7-10-20-37(35)45-44(46-41)48-39-22-12-8-17-33(39)34-27-28-47-38-21-11-9-19-36(38)40(43(47)42(34)48)31-15-5-2-6-16-31/h1-28H. The molecule has 0 saturated heterocycles. The molecule has 4 aromatic heterocycles. The van der Waals surface area contributed by atoms with E-state index >= 15 is 0 Å². The van der Waals surface area contributed by atoms with E-state index in [9.17, 15) is 0 Å². The monoisotopic (exact) mass is 612 g/mol. The topological polar surface area (TPSA) is 35.1 Å². The van der Waals surface area contributed by atoms with Crippen LogP contribution >= 0.6 is 0 Å². The van der Waals surface area contributed by atoms with Crippen molar-refractivity contribution in [2.24, 2.45) is 0 Å². The molecular weight excluding hydrogens is 585 g/mol. The summed E-state index contributed by atoms with van der Waals surface area (Å²) in [6.45, 7) is 0. The van der Waals surface area contributed by atoms with E-state index in [1.165, 1.54) is 43.9 Å². The lowest BCUT2D eigenvalue weighted by molar-refractivity contribution is 1.01. The fraction of sp³-hybridized carbons (Fsp3) is 0. The van der Waals surface area contributed by atoms with Gasteiger partial charge in [-0.05, 0) is 41.0 Å². The average molecular weight is 613 g/mol. The van der Waals surface area contributed by atoms with Crippen molar-refractivity contribution in [3.05, 3.63) is 170 Å². The summed E-state index contributed by atoms with van der Waals surface area (Å²) < 4.78 is 4.61. The molecule has 4 nitrogen and oxygen atoms in total. The first-order chi connectivity index (χ1) is 23.8. The van der Waals surface area contributed by atoms with E-state index < -0.39 is 0 Å². The van der Waals surface area contributed by atoms with Crippen LogP contribution in [0.2, 0.25) is 0 Å². The molecule has 0 spiro atoms. The Kier molecular flexibility index (Phi) is 5.84. The molecule has 10 rings (SSSR count). The van der Waals surface area contributed by atoms with Gasteiger partial charge in [-0.3, -0.25) is 4.57 Å². The van der Waals surface area contributed by atoms with Gasteiger partial charge in [-0.2, -0.15) is 0 Å². The van der Waals surface area contributed by atoms with Gasteiger partial charge in [0.1, 0.15) is 0 Å². The van der Waals surface area contributed by atoms with Gasteiger partial charge in [0.05, 0.1) is 33.3 Å². The molecule has 0 N–H and O–H groups in total. The minimum absolute atomic E-state index is 0.652. The highest BCUT2D eigenvalue weighted by atomic mass is 15.2. The normalized spacial score (nSPS) is 11.8. The Hall–Kier alpha value is -6.52. The minimum Gasteiger partial charge on any atom is -0.314 e. The molecule has 0 radical (unpaired) electrons. The second-order valence-corrected chi connectivity index (χ2v) is 12.2. The van der Waals surface area contributed by atoms with Crippen LogP contribution < -0.4 is 0 Å². The summed E-state index contributed by atoms with van der Waals surface area (Å²) in [5, 5.41) is 4.58. The van der Waals surface area contributed by atoms with Gasteiger partial charge in [0.25, 0.3) is 0 Å². The Bertz CT molecular complexity index is 2810.